The van der Waals surface area contributed by atoms with Crippen LogP contribution in [0.5, 0.6) is 17.2 Å². The van der Waals surface area contributed by atoms with Crippen LogP contribution in [0.1, 0.15) is 22.8 Å². The van der Waals surface area contributed by atoms with Gasteiger partial charge in [0.1, 0.15) is 5.76 Å². The predicted octanol–water partition coefficient (Wildman–Crippen LogP) is 3.97. The summed E-state index contributed by atoms with van der Waals surface area (Å²) in [4.78, 5) is 17.1. The molecule has 2 aromatic rings. The number of fused-ring (bicyclic) bond motifs is 1. The monoisotopic (exact) mass is 353 g/mol. The van der Waals surface area contributed by atoms with Gasteiger partial charge in [0.15, 0.2) is 17.3 Å². The van der Waals surface area contributed by atoms with Crippen molar-refractivity contribution in [3.05, 3.63) is 53.1 Å². The van der Waals surface area contributed by atoms with Crippen molar-refractivity contribution in [1.82, 2.24) is 0 Å². The van der Waals surface area contributed by atoms with Gasteiger partial charge in [-0.15, -0.1) is 0 Å². The van der Waals surface area contributed by atoms with Crippen molar-refractivity contribution in [3.8, 4) is 17.2 Å². The number of allylic oxidation sites excluding steroid dienone is 1. The molecule has 0 amide bonds. The third-order valence-corrected chi connectivity index (χ3v) is 4.20. The van der Waals surface area contributed by atoms with Gasteiger partial charge >= 0.3 is 0 Å². The number of Topliss-reactive ketones (excluding diaryl/α,β-unsaturated/α-hetero) is 1. The molecule has 134 valence electrons. The van der Waals surface area contributed by atoms with E-state index < -0.39 is 0 Å². The van der Waals surface area contributed by atoms with Gasteiger partial charge in [-0.1, -0.05) is 24.3 Å². The van der Waals surface area contributed by atoms with E-state index in [9.17, 15) is 9.90 Å². The fraction of sp³-hybridized carbons (Fsp3) is 0.200. The van der Waals surface area contributed by atoms with Crippen LogP contribution < -0.4 is 14.2 Å². The third kappa shape index (κ3) is 2.79. The number of carbonyl (C=O) groups excluding carboxylic acids is 1. The van der Waals surface area contributed by atoms with E-state index in [1.54, 1.807) is 43.3 Å². The van der Waals surface area contributed by atoms with Gasteiger partial charge in [0.05, 0.1) is 38.3 Å². The number of hydrogen-bond donors (Lipinski definition) is 1. The molecular formula is C20H19NO5. The van der Waals surface area contributed by atoms with E-state index in [0.29, 0.717) is 39.8 Å². The molecule has 0 saturated heterocycles. The van der Waals surface area contributed by atoms with Crippen LogP contribution in [0, 0.1) is 0 Å². The summed E-state index contributed by atoms with van der Waals surface area (Å²) < 4.78 is 15.9. The van der Waals surface area contributed by atoms with E-state index in [1.807, 2.05) is 0 Å². The molecule has 0 aliphatic heterocycles. The van der Waals surface area contributed by atoms with Gasteiger partial charge < -0.3 is 19.3 Å². The van der Waals surface area contributed by atoms with Gasteiger partial charge in [-0.3, -0.25) is 9.79 Å². The largest absolute Gasteiger partial charge is 0.506 e. The van der Waals surface area contributed by atoms with Gasteiger partial charge in [-0.05, 0) is 6.92 Å². The summed E-state index contributed by atoms with van der Waals surface area (Å²) in [6.07, 6.45) is 0. The standard InChI is InChI=1S/C20H19NO5/c1-11(17-18(22)13-7-5-6-8-14(13)19(17)23)21-12-9-15(24-2)20(26-4)16(10-12)25-3/h5-10,22H,1-4H3. The fourth-order valence-corrected chi connectivity index (χ4v) is 2.98. The summed E-state index contributed by atoms with van der Waals surface area (Å²) in [5, 5.41) is 10.5. The van der Waals surface area contributed by atoms with Crippen LogP contribution in [0.4, 0.5) is 5.69 Å². The van der Waals surface area contributed by atoms with E-state index in [2.05, 4.69) is 4.99 Å². The molecule has 26 heavy (non-hydrogen) atoms. The number of hydrogen-bond acceptors (Lipinski definition) is 6. The molecule has 0 radical (unpaired) electrons. The van der Waals surface area contributed by atoms with Crippen LogP contribution in [-0.4, -0.2) is 37.9 Å². The van der Waals surface area contributed by atoms with Crippen LogP contribution in [0.3, 0.4) is 0 Å². The number of aliphatic hydroxyl groups excluding tert-OH is 1. The van der Waals surface area contributed by atoms with Gasteiger partial charge in [-0.25, -0.2) is 0 Å². The number of methoxy groups -OCH3 is 3. The maximum Gasteiger partial charge on any atom is 0.203 e. The lowest BCUT2D eigenvalue weighted by atomic mass is 10.1. The lowest BCUT2D eigenvalue weighted by Gasteiger charge is -2.13. The molecule has 0 bridgehead atoms. The Morgan fingerprint density at radius 2 is 1.54 bits per heavy atom. The maximum atomic E-state index is 12.6. The van der Waals surface area contributed by atoms with E-state index >= 15 is 0 Å². The molecule has 0 saturated carbocycles. The Hall–Kier alpha value is -3.28. The molecule has 3 rings (SSSR count). The molecular weight excluding hydrogens is 334 g/mol. The number of ether oxygens (including phenoxy) is 3. The van der Waals surface area contributed by atoms with Crippen molar-refractivity contribution in [2.45, 2.75) is 6.92 Å². The van der Waals surface area contributed by atoms with Crippen LogP contribution in [0.2, 0.25) is 0 Å². The number of rotatable bonds is 5. The summed E-state index contributed by atoms with van der Waals surface area (Å²) in [7, 11) is 4.55. The molecule has 6 nitrogen and oxygen atoms in total. The van der Waals surface area contributed by atoms with E-state index in [1.165, 1.54) is 21.3 Å². The number of nitrogens with zero attached hydrogens (tertiary/aromatic N) is 1. The highest BCUT2D eigenvalue weighted by Crippen LogP contribution is 2.41. The second-order valence-corrected chi connectivity index (χ2v) is 5.68. The minimum Gasteiger partial charge on any atom is -0.506 e. The second-order valence-electron chi connectivity index (χ2n) is 5.68. The zero-order valence-corrected chi connectivity index (χ0v) is 15.0. The van der Waals surface area contributed by atoms with Crippen molar-refractivity contribution >= 4 is 22.9 Å². The smallest absolute Gasteiger partial charge is 0.203 e. The van der Waals surface area contributed by atoms with Crippen molar-refractivity contribution in [2.24, 2.45) is 4.99 Å². The molecule has 1 aliphatic rings. The lowest BCUT2D eigenvalue weighted by molar-refractivity contribution is 0.104. The number of aliphatic imine (C=N–C) groups is 1. The van der Waals surface area contributed by atoms with Gasteiger partial charge in [-0.2, -0.15) is 0 Å². The second kappa shape index (κ2) is 6.92. The number of aliphatic hydroxyl groups is 1. The fourth-order valence-electron chi connectivity index (χ4n) is 2.98. The first-order valence-corrected chi connectivity index (χ1v) is 7.94. The molecule has 0 aromatic heterocycles. The molecule has 1 aliphatic carbocycles. The number of ketones is 1. The molecule has 0 fully saturated rings. The first-order chi connectivity index (χ1) is 12.5. The Balaban J connectivity index is 2.07. The summed E-state index contributed by atoms with van der Waals surface area (Å²) in [5.74, 6) is 1.07. The quantitative estimate of drug-likeness (QED) is 0.823. The van der Waals surface area contributed by atoms with Crippen molar-refractivity contribution in [1.29, 1.82) is 0 Å². The zero-order valence-electron chi connectivity index (χ0n) is 15.0. The van der Waals surface area contributed by atoms with Crippen LogP contribution in [0.25, 0.3) is 5.76 Å². The minimum atomic E-state index is -0.244. The van der Waals surface area contributed by atoms with Gasteiger partial charge in [0.25, 0.3) is 0 Å². The normalized spacial score (nSPS) is 13.7. The molecule has 0 unspecified atom stereocenters. The number of carbonyl (C=O) groups is 1. The third-order valence-electron chi connectivity index (χ3n) is 4.20. The predicted molar refractivity (Wildman–Crippen MR) is 99.2 cm³/mol. The van der Waals surface area contributed by atoms with E-state index in [4.69, 9.17) is 14.2 Å². The Labute approximate surface area is 151 Å². The molecule has 2 aromatic carbocycles. The highest BCUT2D eigenvalue weighted by Gasteiger charge is 2.31. The van der Waals surface area contributed by atoms with Crippen LogP contribution in [0.15, 0.2) is 47.0 Å². The highest BCUT2D eigenvalue weighted by atomic mass is 16.5. The zero-order chi connectivity index (χ0) is 18.8. The summed E-state index contributed by atoms with van der Waals surface area (Å²) >= 11 is 0. The first kappa shape index (κ1) is 17.5. The van der Waals surface area contributed by atoms with Crippen LogP contribution >= 0.6 is 0 Å². The summed E-state index contributed by atoms with van der Waals surface area (Å²) in [6.45, 7) is 1.68. The summed E-state index contributed by atoms with van der Waals surface area (Å²) in [6, 6.07) is 10.3. The maximum absolute atomic E-state index is 12.6. The molecule has 0 spiro atoms. The minimum absolute atomic E-state index is 0.0562. The Morgan fingerprint density at radius 1 is 0.962 bits per heavy atom. The average Bonchev–Trinajstić information content (AvgIpc) is 2.91. The van der Waals surface area contributed by atoms with Gasteiger partial charge in [0.2, 0.25) is 5.75 Å². The van der Waals surface area contributed by atoms with Gasteiger partial charge in [0, 0.05) is 23.3 Å². The SMILES string of the molecule is COc1cc(N=C(C)C2=C(O)c3ccccc3C2=O)cc(OC)c1OC. The van der Waals surface area contributed by atoms with Crippen molar-refractivity contribution in [3.63, 3.8) is 0 Å². The van der Waals surface area contributed by atoms with Crippen molar-refractivity contribution < 1.29 is 24.1 Å². The van der Waals surface area contributed by atoms with E-state index in [-0.39, 0.29) is 17.1 Å². The van der Waals surface area contributed by atoms with E-state index in [0.717, 1.165) is 0 Å². The topological polar surface area (TPSA) is 77.4 Å². The highest BCUT2D eigenvalue weighted by molar-refractivity contribution is 6.35. The Kier molecular flexibility index (Phi) is 4.67. The molecule has 1 N–H and O–H groups in total. The molecule has 6 heteroatoms. The Morgan fingerprint density at radius 3 is 2.04 bits per heavy atom. The average molecular weight is 353 g/mol. The lowest BCUT2D eigenvalue weighted by Crippen LogP contribution is -2.07. The molecule has 0 atom stereocenters. The first-order valence-electron chi connectivity index (χ1n) is 7.94. The van der Waals surface area contributed by atoms with Crippen LogP contribution in [-0.2, 0) is 0 Å². The Bertz CT molecular complexity index is 918. The number of benzene rings is 2. The molecule has 0 heterocycles. The summed E-state index contributed by atoms with van der Waals surface area (Å²) in [5.41, 5.74) is 2.10. The van der Waals surface area contributed by atoms with Crippen molar-refractivity contribution in [2.75, 3.05) is 21.3 Å².